The molecule has 0 atom stereocenters. The van der Waals surface area contributed by atoms with Gasteiger partial charge in [0.15, 0.2) is 0 Å². The minimum absolute atomic E-state index is 0.334. The van der Waals surface area contributed by atoms with E-state index in [1.54, 1.807) is 66.7 Å². The van der Waals surface area contributed by atoms with Gasteiger partial charge in [-0.1, -0.05) is 39.1 Å². The van der Waals surface area contributed by atoms with E-state index in [0.29, 0.717) is 32.6 Å². The maximum atomic E-state index is 12.3. The van der Waals surface area contributed by atoms with Crippen molar-refractivity contribution in [2.45, 2.75) is 0 Å². The zero-order valence-electron chi connectivity index (χ0n) is 13.7. The summed E-state index contributed by atoms with van der Waals surface area (Å²) >= 11 is 15.3. The highest BCUT2D eigenvalue weighted by molar-refractivity contribution is 9.10. The lowest BCUT2D eigenvalue weighted by Crippen LogP contribution is -2.12. The third-order valence-electron chi connectivity index (χ3n) is 3.58. The molecule has 0 aliphatic carbocycles. The van der Waals surface area contributed by atoms with Crippen LogP contribution in [0.5, 0.6) is 5.75 Å². The number of anilines is 1. The summed E-state index contributed by atoms with van der Waals surface area (Å²) in [5.41, 5.74) is 1.23. The smallest absolute Gasteiger partial charge is 0.343 e. The third-order valence-corrected chi connectivity index (χ3v) is 4.68. The van der Waals surface area contributed by atoms with Gasteiger partial charge in [0.2, 0.25) is 0 Å². The molecule has 0 unspecified atom stereocenters. The Labute approximate surface area is 174 Å². The van der Waals surface area contributed by atoms with E-state index in [-0.39, 0.29) is 5.91 Å². The van der Waals surface area contributed by atoms with Crippen LogP contribution in [0.4, 0.5) is 5.69 Å². The van der Waals surface area contributed by atoms with Gasteiger partial charge in [0.1, 0.15) is 5.75 Å². The average Bonchev–Trinajstić information content (AvgIpc) is 2.65. The zero-order chi connectivity index (χ0) is 19.4. The zero-order valence-corrected chi connectivity index (χ0v) is 16.8. The molecular weight excluding hydrogens is 453 g/mol. The molecule has 0 saturated carbocycles. The second kappa shape index (κ2) is 8.57. The number of hydrogen-bond acceptors (Lipinski definition) is 3. The Morgan fingerprint density at radius 1 is 0.852 bits per heavy atom. The Hall–Kier alpha value is -2.34. The molecule has 1 N–H and O–H groups in total. The normalized spacial score (nSPS) is 10.3. The summed E-state index contributed by atoms with van der Waals surface area (Å²) in [6.07, 6.45) is 0. The number of carbonyl (C=O) groups excluding carboxylic acids is 2. The highest BCUT2D eigenvalue weighted by atomic mass is 79.9. The van der Waals surface area contributed by atoms with Crippen LogP contribution in [-0.4, -0.2) is 11.9 Å². The van der Waals surface area contributed by atoms with Gasteiger partial charge < -0.3 is 10.1 Å². The predicted octanol–water partition coefficient (Wildman–Crippen LogP) is 6.23. The topological polar surface area (TPSA) is 55.4 Å². The molecule has 0 aromatic heterocycles. The fraction of sp³-hybridized carbons (Fsp3) is 0. The second-order valence-electron chi connectivity index (χ2n) is 5.50. The number of ether oxygens (including phenoxy) is 1. The van der Waals surface area contributed by atoms with Crippen LogP contribution >= 0.6 is 39.1 Å². The van der Waals surface area contributed by atoms with Gasteiger partial charge in [-0.05, 0) is 66.7 Å². The minimum atomic E-state index is -0.481. The van der Waals surface area contributed by atoms with Gasteiger partial charge in [0.25, 0.3) is 5.91 Å². The van der Waals surface area contributed by atoms with Crippen LogP contribution < -0.4 is 10.1 Å². The summed E-state index contributed by atoms with van der Waals surface area (Å²) in [5, 5.41) is 3.54. The lowest BCUT2D eigenvalue weighted by molar-refractivity contribution is 0.0734. The summed E-state index contributed by atoms with van der Waals surface area (Å²) in [6.45, 7) is 0. The van der Waals surface area contributed by atoms with Gasteiger partial charge in [-0.25, -0.2) is 4.79 Å². The Kier molecular flexibility index (Phi) is 6.16. The van der Waals surface area contributed by atoms with Crippen LogP contribution in [0, 0.1) is 0 Å². The first kappa shape index (κ1) is 19.4. The molecule has 3 rings (SSSR count). The molecule has 0 radical (unpaired) electrons. The molecule has 4 nitrogen and oxygen atoms in total. The van der Waals surface area contributed by atoms with Crippen molar-refractivity contribution in [1.29, 1.82) is 0 Å². The monoisotopic (exact) mass is 463 g/mol. The minimum Gasteiger partial charge on any atom is -0.423 e. The Morgan fingerprint density at radius 2 is 1.48 bits per heavy atom. The highest BCUT2D eigenvalue weighted by Crippen LogP contribution is 2.26. The van der Waals surface area contributed by atoms with Crippen LogP contribution in [0.25, 0.3) is 0 Å². The molecule has 1 amide bonds. The number of benzene rings is 3. The maximum absolute atomic E-state index is 12.3. The van der Waals surface area contributed by atoms with Gasteiger partial charge in [0, 0.05) is 15.1 Å². The van der Waals surface area contributed by atoms with Crippen molar-refractivity contribution in [2.75, 3.05) is 5.32 Å². The first-order chi connectivity index (χ1) is 12.9. The summed E-state index contributed by atoms with van der Waals surface area (Å²) in [7, 11) is 0. The molecule has 0 bridgehead atoms. The van der Waals surface area contributed by atoms with Crippen molar-refractivity contribution in [3.8, 4) is 5.75 Å². The lowest BCUT2D eigenvalue weighted by Gasteiger charge is -2.09. The van der Waals surface area contributed by atoms with Crippen molar-refractivity contribution < 1.29 is 14.3 Å². The molecule has 136 valence electrons. The van der Waals surface area contributed by atoms with Gasteiger partial charge >= 0.3 is 5.97 Å². The molecule has 0 heterocycles. The van der Waals surface area contributed by atoms with Crippen molar-refractivity contribution in [1.82, 2.24) is 0 Å². The molecule has 7 heteroatoms. The van der Waals surface area contributed by atoms with E-state index in [1.165, 1.54) is 0 Å². The van der Waals surface area contributed by atoms with Gasteiger partial charge in [-0.2, -0.15) is 0 Å². The molecule has 3 aromatic rings. The number of carbonyl (C=O) groups is 2. The fourth-order valence-corrected chi connectivity index (χ4v) is 2.82. The van der Waals surface area contributed by atoms with Crippen LogP contribution in [0.15, 0.2) is 71.2 Å². The molecule has 27 heavy (non-hydrogen) atoms. The van der Waals surface area contributed by atoms with E-state index in [0.717, 1.165) is 4.47 Å². The first-order valence-electron chi connectivity index (χ1n) is 7.76. The van der Waals surface area contributed by atoms with Crippen molar-refractivity contribution in [3.05, 3.63) is 92.4 Å². The molecule has 0 aliphatic rings. The second-order valence-corrected chi connectivity index (χ2v) is 7.26. The predicted molar refractivity (Wildman–Crippen MR) is 110 cm³/mol. The maximum Gasteiger partial charge on any atom is 0.343 e. The third kappa shape index (κ3) is 5.10. The SMILES string of the molecule is O=C(Nc1cc(Cl)ccc1Cl)c1ccc(OC(=O)c2ccc(Br)cc2)cc1. The van der Waals surface area contributed by atoms with Crippen LogP contribution in [0.1, 0.15) is 20.7 Å². The fourth-order valence-electron chi connectivity index (χ4n) is 2.21. The summed E-state index contributed by atoms with van der Waals surface area (Å²) < 4.78 is 6.17. The summed E-state index contributed by atoms with van der Waals surface area (Å²) in [5.74, 6) is -0.504. The summed E-state index contributed by atoms with van der Waals surface area (Å²) in [6, 6.07) is 17.8. The standard InChI is InChI=1S/C20H12BrCl2NO3/c21-14-5-1-13(2-6-14)20(26)27-16-8-3-12(4-9-16)19(25)24-18-11-15(22)7-10-17(18)23/h1-11H,(H,24,25). The highest BCUT2D eigenvalue weighted by Gasteiger charge is 2.11. The lowest BCUT2D eigenvalue weighted by atomic mass is 10.2. The number of hydrogen-bond donors (Lipinski definition) is 1. The van der Waals surface area contributed by atoms with E-state index in [1.807, 2.05) is 0 Å². The first-order valence-corrected chi connectivity index (χ1v) is 9.31. The van der Waals surface area contributed by atoms with E-state index in [4.69, 9.17) is 27.9 Å². The molecule has 3 aromatic carbocycles. The number of rotatable bonds is 4. The molecular formula is C20H12BrCl2NO3. The molecule has 0 aliphatic heterocycles. The average molecular weight is 465 g/mol. The summed E-state index contributed by atoms with van der Waals surface area (Å²) in [4.78, 5) is 24.5. The Morgan fingerprint density at radius 3 is 2.15 bits per heavy atom. The van der Waals surface area contributed by atoms with Crippen molar-refractivity contribution >= 4 is 56.7 Å². The number of nitrogens with one attached hydrogen (secondary N) is 1. The van der Waals surface area contributed by atoms with E-state index in [2.05, 4.69) is 21.2 Å². The molecule has 0 fully saturated rings. The van der Waals surface area contributed by atoms with Crippen LogP contribution in [-0.2, 0) is 0 Å². The van der Waals surface area contributed by atoms with Crippen LogP contribution in [0.3, 0.4) is 0 Å². The van der Waals surface area contributed by atoms with E-state index >= 15 is 0 Å². The Bertz CT molecular complexity index is 989. The van der Waals surface area contributed by atoms with Crippen LogP contribution in [0.2, 0.25) is 10.0 Å². The Balaban J connectivity index is 1.67. The van der Waals surface area contributed by atoms with Crippen molar-refractivity contribution in [3.63, 3.8) is 0 Å². The molecule has 0 saturated heterocycles. The van der Waals surface area contributed by atoms with Gasteiger partial charge in [-0.15, -0.1) is 0 Å². The number of amides is 1. The van der Waals surface area contributed by atoms with E-state index in [9.17, 15) is 9.59 Å². The van der Waals surface area contributed by atoms with Crippen molar-refractivity contribution in [2.24, 2.45) is 0 Å². The number of esters is 1. The van der Waals surface area contributed by atoms with Gasteiger partial charge in [-0.3, -0.25) is 4.79 Å². The largest absolute Gasteiger partial charge is 0.423 e. The van der Waals surface area contributed by atoms with Gasteiger partial charge in [0.05, 0.1) is 16.3 Å². The van der Waals surface area contributed by atoms with E-state index < -0.39 is 5.97 Å². The molecule has 0 spiro atoms. The number of halogens is 3. The quantitative estimate of drug-likeness (QED) is 0.368.